The minimum atomic E-state index is -0.903. The first-order chi connectivity index (χ1) is 16.8. The Morgan fingerprint density at radius 2 is 1.69 bits per heavy atom. The van der Waals surface area contributed by atoms with Crippen LogP contribution in [-0.2, 0) is 9.59 Å². The van der Waals surface area contributed by atoms with E-state index in [9.17, 15) is 24.8 Å². The number of hydrogen-bond donors (Lipinski definition) is 1. The molecule has 1 saturated heterocycles. The fraction of sp³-hybridized carbons (Fsp3) is 0.360. The Morgan fingerprint density at radius 3 is 2.23 bits per heavy atom. The third kappa shape index (κ3) is 5.12. The average Bonchev–Trinajstić information content (AvgIpc) is 3.13. The second kappa shape index (κ2) is 11.0. The van der Waals surface area contributed by atoms with Gasteiger partial charge in [-0.2, -0.15) is 0 Å². The molecule has 0 aromatic heterocycles. The number of nitro groups is 1. The summed E-state index contributed by atoms with van der Waals surface area (Å²) >= 11 is 0. The van der Waals surface area contributed by atoms with Crippen LogP contribution in [0.2, 0.25) is 0 Å². The van der Waals surface area contributed by atoms with Crippen molar-refractivity contribution >= 4 is 23.1 Å². The zero-order valence-electron chi connectivity index (χ0n) is 20.2. The number of hydrogen-bond acceptors (Lipinski definition) is 8. The van der Waals surface area contributed by atoms with Gasteiger partial charge in [-0.05, 0) is 49.0 Å². The number of aliphatic hydroxyl groups is 1. The van der Waals surface area contributed by atoms with Gasteiger partial charge in [0.05, 0.1) is 30.8 Å². The van der Waals surface area contributed by atoms with Crippen LogP contribution in [-0.4, -0.2) is 71.9 Å². The predicted molar refractivity (Wildman–Crippen MR) is 129 cm³/mol. The van der Waals surface area contributed by atoms with E-state index >= 15 is 0 Å². The molecule has 1 heterocycles. The highest BCUT2D eigenvalue weighted by atomic mass is 16.6. The Labute approximate surface area is 203 Å². The second-order valence-electron chi connectivity index (χ2n) is 7.94. The highest BCUT2D eigenvalue weighted by molar-refractivity contribution is 6.46. The molecule has 3 rings (SSSR count). The van der Waals surface area contributed by atoms with E-state index in [1.807, 2.05) is 13.8 Å². The number of carbonyl (C=O) groups excluding carboxylic acids is 2. The van der Waals surface area contributed by atoms with Crippen LogP contribution < -0.4 is 9.47 Å². The maximum atomic E-state index is 13.2. The minimum Gasteiger partial charge on any atom is -0.507 e. The molecular formula is C25H29N3O7. The SMILES string of the molecule is CCN(CC)CCN1C(=O)C(=O)C(=C(O)c2ccc(OC)c(OC)c2)C1c1ccc([N+](=O)[O-])cc1. The lowest BCUT2D eigenvalue weighted by molar-refractivity contribution is -0.384. The highest BCUT2D eigenvalue weighted by Crippen LogP contribution is 2.40. The molecular weight excluding hydrogens is 454 g/mol. The molecule has 0 aliphatic carbocycles. The fourth-order valence-electron chi connectivity index (χ4n) is 4.16. The van der Waals surface area contributed by atoms with E-state index in [2.05, 4.69) is 4.90 Å². The summed E-state index contributed by atoms with van der Waals surface area (Å²) in [6.07, 6.45) is 0. The van der Waals surface area contributed by atoms with Gasteiger partial charge in [0.25, 0.3) is 17.4 Å². The van der Waals surface area contributed by atoms with Crippen molar-refractivity contribution in [2.45, 2.75) is 19.9 Å². The highest BCUT2D eigenvalue weighted by Gasteiger charge is 2.46. The molecule has 1 unspecified atom stereocenters. The Balaban J connectivity index is 2.14. The lowest BCUT2D eigenvalue weighted by Crippen LogP contribution is -2.38. The molecule has 1 aliphatic rings. The van der Waals surface area contributed by atoms with Crippen LogP contribution in [0.5, 0.6) is 11.5 Å². The standard InChI is InChI=1S/C25H29N3O7/c1-5-26(6-2)13-14-27-22(16-7-10-18(11-8-16)28(32)33)21(24(30)25(27)31)23(29)17-9-12-19(34-3)20(15-17)35-4/h7-12,15,22,29H,5-6,13-14H2,1-4H3. The van der Waals surface area contributed by atoms with Crippen LogP contribution in [0.15, 0.2) is 48.0 Å². The van der Waals surface area contributed by atoms with Crippen LogP contribution in [0.3, 0.4) is 0 Å². The van der Waals surface area contributed by atoms with Crippen molar-refractivity contribution in [3.8, 4) is 11.5 Å². The Morgan fingerprint density at radius 1 is 1.06 bits per heavy atom. The zero-order chi connectivity index (χ0) is 25.7. The van der Waals surface area contributed by atoms with Gasteiger partial charge in [-0.1, -0.05) is 13.8 Å². The predicted octanol–water partition coefficient (Wildman–Crippen LogP) is 3.38. The van der Waals surface area contributed by atoms with Crippen LogP contribution in [0, 0.1) is 10.1 Å². The smallest absolute Gasteiger partial charge is 0.295 e. The first-order valence-electron chi connectivity index (χ1n) is 11.2. The molecule has 186 valence electrons. The van der Waals surface area contributed by atoms with E-state index in [4.69, 9.17) is 9.47 Å². The molecule has 1 aliphatic heterocycles. The summed E-state index contributed by atoms with van der Waals surface area (Å²) in [5.74, 6) is -1.13. The van der Waals surface area contributed by atoms with E-state index in [-0.39, 0.29) is 29.1 Å². The van der Waals surface area contributed by atoms with Crippen molar-refractivity contribution in [2.24, 2.45) is 0 Å². The maximum Gasteiger partial charge on any atom is 0.295 e. The lowest BCUT2D eigenvalue weighted by Gasteiger charge is -2.28. The molecule has 2 aromatic carbocycles. The molecule has 1 atom stereocenters. The third-order valence-corrected chi connectivity index (χ3v) is 6.17. The number of Topliss-reactive ketones (excluding diaryl/α,β-unsaturated/α-hetero) is 1. The number of likely N-dealkylation sites (N-methyl/N-ethyl adjacent to an activating group) is 1. The summed E-state index contributed by atoms with van der Waals surface area (Å²) in [6, 6.07) is 9.40. The van der Waals surface area contributed by atoms with Crippen molar-refractivity contribution in [2.75, 3.05) is 40.4 Å². The Hall–Kier alpha value is -3.92. The number of ether oxygens (including phenoxy) is 2. The number of ketones is 1. The topological polar surface area (TPSA) is 122 Å². The average molecular weight is 484 g/mol. The quantitative estimate of drug-likeness (QED) is 0.179. The minimum absolute atomic E-state index is 0.0874. The normalized spacial score (nSPS) is 17.2. The molecule has 0 radical (unpaired) electrons. The Kier molecular flexibility index (Phi) is 8.08. The number of nitrogens with zero attached hydrogens (tertiary/aromatic N) is 3. The van der Waals surface area contributed by atoms with Crippen LogP contribution in [0.1, 0.15) is 31.0 Å². The molecule has 0 saturated carbocycles. The van der Waals surface area contributed by atoms with Crippen molar-refractivity contribution in [1.29, 1.82) is 0 Å². The second-order valence-corrected chi connectivity index (χ2v) is 7.94. The van der Waals surface area contributed by atoms with Gasteiger partial charge < -0.3 is 24.4 Å². The number of likely N-dealkylation sites (tertiary alicyclic amines) is 1. The monoisotopic (exact) mass is 483 g/mol. The first-order valence-corrected chi connectivity index (χ1v) is 11.2. The van der Waals surface area contributed by atoms with E-state index < -0.39 is 22.7 Å². The summed E-state index contributed by atoms with van der Waals surface area (Å²) < 4.78 is 10.5. The largest absolute Gasteiger partial charge is 0.507 e. The number of methoxy groups -OCH3 is 2. The van der Waals surface area contributed by atoms with Crippen molar-refractivity contribution in [3.05, 3.63) is 69.3 Å². The van der Waals surface area contributed by atoms with Gasteiger partial charge in [0.2, 0.25) is 0 Å². The van der Waals surface area contributed by atoms with E-state index in [0.29, 0.717) is 23.6 Å². The summed E-state index contributed by atoms with van der Waals surface area (Å²) in [5, 5.41) is 22.3. The first kappa shape index (κ1) is 25.7. The summed E-state index contributed by atoms with van der Waals surface area (Å²) in [6.45, 7) is 6.32. The van der Waals surface area contributed by atoms with E-state index in [1.165, 1.54) is 49.5 Å². The van der Waals surface area contributed by atoms with E-state index in [0.717, 1.165) is 13.1 Å². The summed E-state index contributed by atoms with van der Waals surface area (Å²) in [7, 11) is 2.93. The number of nitro benzene ring substituents is 1. The van der Waals surface area contributed by atoms with Gasteiger partial charge in [0.15, 0.2) is 11.5 Å². The zero-order valence-corrected chi connectivity index (χ0v) is 20.2. The van der Waals surface area contributed by atoms with E-state index in [1.54, 1.807) is 12.1 Å². The molecule has 10 heteroatoms. The van der Waals surface area contributed by atoms with Crippen LogP contribution >= 0.6 is 0 Å². The van der Waals surface area contributed by atoms with Crippen molar-refractivity contribution in [1.82, 2.24) is 9.80 Å². The van der Waals surface area contributed by atoms with Gasteiger partial charge in [-0.25, -0.2) is 0 Å². The molecule has 2 aromatic rings. The number of benzene rings is 2. The fourth-order valence-corrected chi connectivity index (χ4v) is 4.16. The van der Waals surface area contributed by atoms with Gasteiger partial charge >= 0.3 is 0 Å². The third-order valence-electron chi connectivity index (χ3n) is 6.17. The Bertz CT molecular complexity index is 1140. The lowest BCUT2D eigenvalue weighted by atomic mass is 9.95. The molecule has 35 heavy (non-hydrogen) atoms. The van der Waals surface area contributed by atoms with Crippen LogP contribution in [0.25, 0.3) is 5.76 Å². The van der Waals surface area contributed by atoms with Crippen molar-refractivity contribution in [3.63, 3.8) is 0 Å². The molecule has 1 fully saturated rings. The number of amides is 1. The maximum absolute atomic E-state index is 13.2. The van der Waals surface area contributed by atoms with Crippen LogP contribution in [0.4, 0.5) is 5.69 Å². The van der Waals surface area contributed by atoms with Crippen molar-refractivity contribution < 1.29 is 29.1 Å². The number of non-ortho nitro benzene ring substituents is 1. The number of aliphatic hydroxyl groups excluding tert-OH is 1. The number of carbonyl (C=O) groups is 2. The van der Waals surface area contributed by atoms with Gasteiger partial charge in [0.1, 0.15) is 5.76 Å². The molecule has 0 spiro atoms. The van der Waals surface area contributed by atoms with Gasteiger partial charge in [-0.15, -0.1) is 0 Å². The summed E-state index contributed by atoms with van der Waals surface area (Å²) in [4.78, 5) is 40.4. The van der Waals surface area contributed by atoms with Gasteiger partial charge in [0, 0.05) is 30.8 Å². The summed E-state index contributed by atoms with van der Waals surface area (Å²) in [5.41, 5.74) is 0.553. The molecule has 0 bridgehead atoms. The molecule has 10 nitrogen and oxygen atoms in total. The molecule has 1 N–H and O–H groups in total. The van der Waals surface area contributed by atoms with Gasteiger partial charge in [-0.3, -0.25) is 19.7 Å². The molecule has 1 amide bonds. The number of rotatable bonds is 10.